The molecule has 0 fully saturated rings. The maximum atomic E-state index is 10.0. The normalized spacial score (nSPS) is 14.2. The molecule has 0 aliphatic heterocycles. The SMILES string of the molecule is CCCC(C)(O)CNc1ncnc(NN)c1Br. The lowest BCUT2D eigenvalue weighted by molar-refractivity contribution is 0.0636. The van der Waals surface area contributed by atoms with E-state index in [0.717, 1.165) is 12.8 Å². The highest BCUT2D eigenvalue weighted by atomic mass is 79.9. The predicted molar refractivity (Wildman–Crippen MR) is 71.6 cm³/mol. The summed E-state index contributed by atoms with van der Waals surface area (Å²) >= 11 is 3.34. The molecule has 7 heteroatoms. The number of nitrogen functional groups attached to an aromatic ring is 1. The Bertz CT molecular complexity index is 372. The minimum atomic E-state index is -0.755. The van der Waals surface area contributed by atoms with E-state index < -0.39 is 5.60 Å². The number of nitrogens with two attached hydrogens (primary N) is 1. The largest absolute Gasteiger partial charge is 0.388 e. The van der Waals surface area contributed by atoms with Gasteiger partial charge < -0.3 is 15.8 Å². The van der Waals surface area contributed by atoms with Crippen molar-refractivity contribution in [2.24, 2.45) is 5.84 Å². The van der Waals surface area contributed by atoms with Crippen LogP contribution in [0, 0.1) is 0 Å². The van der Waals surface area contributed by atoms with E-state index in [0.29, 0.717) is 22.7 Å². The first kappa shape index (κ1) is 14.1. The monoisotopic (exact) mass is 303 g/mol. The fraction of sp³-hybridized carbons (Fsp3) is 0.600. The van der Waals surface area contributed by atoms with Crippen molar-refractivity contribution in [3.05, 3.63) is 10.8 Å². The molecule has 0 radical (unpaired) electrons. The predicted octanol–water partition coefficient (Wildman–Crippen LogP) is 1.49. The number of halogens is 1. The Labute approximate surface area is 109 Å². The Balaban J connectivity index is 2.69. The lowest BCUT2D eigenvalue weighted by Gasteiger charge is -2.23. The number of hydrogen-bond donors (Lipinski definition) is 4. The summed E-state index contributed by atoms with van der Waals surface area (Å²) in [6, 6.07) is 0. The minimum Gasteiger partial charge on any atom is -0.388 e. The molecule has 0 saturated carbocycles. The van der Waals surface area contributed by atoms with Crippen molar-refractivity contribution >= 4 is 27.6 Å². The molecule has 1 heterocycles. The average molecular weight is 304 g/mol. The second-order valence-electron chi connectivity index (χ2n) is 4.13. The Morgan fingerprint density at radius 2 is 2.12 bits per heavy atom. The van der Waals surface area contributed by atoms with Crippen molar-refractivity contribution in [1.82, 2.24) is 9.97 Å². The smallest absolute Gasteiger partial charge is 0.159 e. The van der Waals surface area contributed by atoms with Gasteiger partial charge in [0.05, 0.1) is 5.60 Å². The lowest BCUT2D eigenvalue weighted by atomic mass is 10.0. The van der Waals surface area contributed by atoms with Gasteiger partial charge >= 0.3 is 0 Å². The van der Waals surface area contributed by atoms with Crippen molar-refractivity contribution in [1.29, 1.82) is 0 Å². The number of nitrogens with zero attached hydrogens (tertiary/aromatic N) is 2. The van der Waals surface area contributed by atoms with Crippen LogP contribution in [-0.2, 0) is 0 Å². The van der Waals surface area contributed by atoms with E-state index in [9.17, 15) is 5.11 Å². The summed E-state index contributed by atoms with van der Waals surface area (Å²) in [7, 11) is 0. The summed E-state index contributed by atoms with van der Waals surface area (Å²) in [4.78, 5) is 8.02. The molecule has 1 aromatic heterocycles. The van der Waals surface area contributed by atoms with E-state index in [1.165, 1.54) is 6.33 Å². The summed E-state index contributed by atoms with van der Waals surface area (Å²) in [5.74, 6) is 6.40. The van der Waals surface area contributed by atoms with Gasteiger partial charge in [0.2, 0.25) is 0 Å². The maximum Gasteiger partial charge on any atom is 0.159 e. The molecule has 0 bridgehead atoms. The molecule has 1 rings (SSSR count). The first-order valence-corrected chi connectivity index (χ1v) is 6.23. The van der Waals surface area contributed by atoms with Crippen molar-refractivity contribution in [3.63, 3.8) is 0 Å². The van der Waals surface area contributed by atoms with Crippen LogP contribution in [0.25, 0.3) is 0 Å². The van der Waals surface area contributed by atoms with Gasteiger partial charge in [-0.1, -0.05) is 13.3 Å². The second kappa shape index (κ2) is 6.13. The van der Waals surface area contributed by atoms with E-state index in [-0.39, 0.29) is 0 Å². The van der Waals surface area contributed by atoms with Crippen LogP contribution in [0.15, 0.2) is 10.8 Å². The fourth-order valence-electron chi connectivity index (χ4n) is 1.49. The quantitative estimate of drug-likeness (QED) is 0.470. The standard InChI is InChI=1S/C10H18BrN5O/c1-3-4-10(2,17)5-13-8-7(11)9(16-12)15-6-14-8/h6,17H,3-5,12H2,1-2H3,(H2,13,14,15,16). The van der Waals surface area contributed by atoms with E-state index in [4.69, 9.17) is 5.84 Å². The Morgan fingerprint density at radius 3 is 2.71 bits per heavy atom. The van der Waals surface area contributed by atoms with Gasteiger partial charge in [-0.2, -0.15) is 0 Å². The first-order chi connectivity index (χ1) is 8.00. The topological polar surface area (TPSA) is 96.1 Å². The van der Waals surface area contributed by atoms with Crippen molar-refractivity contribution in [2.45, 2.75) is 32.3 Å². The Hall–Kier alpha value is -0.920. The van der Waals surface area contributed by atoms with Crippen molar-refractivity contribution < 1.29 is 5.11 Å². The van der Waals surface area contributed by atoms with Gasteiger partial charge in [0, 0.05) is 6.54 Å². The molecule has 0 amide bonds. The number of aliphatic hydroxyl groups is 1. The molecule has 96 valence electrons. The third-order valence-electron chi connectivity index (χ3n) is 2.35. The second-order valence-corrected chi connectivity index (χ2v) is 4.92. The van der Waals surface area contributed by atoms with Crippen LogP contribution in [0.5, 0.6) is 0 Å². The number of nitrogens with one attached hydrogen (secondary N) is 2. The minimum absolute atomic E-state index is 0.417. The molecule has 1 unspecified atom stereocenters. The van der Waals surface area contributed by atoms with Gasteiger partial charge in [0.15, 0.2) is 5.82 Å². The Kier molecular flexibility index (Phi) is 5.10. The number of hydrogen-bond acceptors (Lipinski definition) is 6. The third-order valence-corrected chi connectivity index (χ3v) is 3.10. The molecule has 0 aliphatic carbocycles. The molecule has 0 aromatic carbocycles. The number of hydrazine groups is 1. The highest BCUT2D eigenvalue weighted by Crippen LogP contribution is 2.26. The lowest BCUT2D eigenvalue weighted by Crippen LogP contribution is -2.33. The van der Waals surface area contributed by atoms with Gasteiger partial charge in [0.25, 0.3) is 0 Å². The molecular weight excluding hydrogens is 286 g/mol. The van der Waals surface area contributed by atoms with Gasteiger partial charge in [-0.25, -0.2) is 15.8 Å². The van der Waals surface area contributed by atoms with Gasteiger partial charge in [-0.3, -0.25) is 0 Å². The van der Waals surface area contributed by atoms with E-state index in [2.05, 4.69) is 36.6 Å². The first-order valence-electron chi connectivity index (χ1n) is 5.43. The molecule has 0 aliphatic rings. The molecule has 0 saturated heterocycles. The summed E-state index contributed by atoms with van der Waals surface area (Å²) < 4.78 is 0.648. The third kappa shape index (κ3) is 4.10. The summed E-state index contributed by atoms with van der Waals surface area (Å²) in [5.41, 5.74) is 1.70. The summed E-state index contributed by atoms with van der Waals surface area (Å²) in [6.07, 6.45) is 3.05. The molecule has 1 atom stereocenters. The molecular formula is C10H18BrN5O. The molecule has 1 aromatic rings. The van der Waals surface area contributed by atoms with Gasteiger partial charge in [-0.15, -0.1) is 0 Å². The van der Waals surface area contributed by atoms with Crippen LogP contribution in [0.2, 0.25) is 0 Å². The van der Waals surface area contributed by atoms with Gasteiger partial charge in [0.1, 0.15) is 16.6 Å². The van der Waals surface area contributed by atoms with Gasteiger partial charge in [-0.05, 0) is 29.3 Å². The van der Waals surface area contributed by atoms with Crippen molar-refractivity contribution in [3.8, 4) is 0 Å². The molecule has 17 heavy (non-hydrogen) atoms. The molecule has 0 spiro atoms. The highest BCUT2D eigenvalue weighted by Gasteiger charge is 2.19. The summed E-state index contributed by atoms with van der Waals surface area (Å²) in [5, 5.41) is 13.1. The maximum absolute atomic E-state index is 10.0. The van der Waals surface area contributed by atoms with Crippen LogP contribution in [-0.4, -0.2) is 27.2 Å². The van der Waals surface area contributed by atoms with E-state index in [1.54, 1.807) is 6.92 Å². The Morgan fingerprint density at radius 1 is 1.47 bits per heavy atom. The molecule has 6 nitrogen and oxygen atoms in total. The number of aromatic nitrogens is 2. The number of anilines is 2. The zero-order valence-corrected chi connectivity index (χ0v) is 11.6. The highest BCUT2D eigenvalue weighted by molar-refractivity contribution is 9.10. The van der Waals surface area contributed by atoms with E-state index >= 15 is 0 Å². The zero-order chi connectivity index (χ0) is 12.9. The molecule has 5 N–H and O–H groups in total. The van der Waals surface area contributed by atoms with Crippen LogP contribution in [0.3, 0.4) is 0 Å². The number of rotatable bonds is 6. The van der Waals surface area contributed by atoms with Crippen molar-refractivity contribution in [2.75, 3.05) is 17.3 Å². The van der Waals surface area contributed by atoms with Crippen LogP contribution < -0.4 is 16.6 Å². The fourth-order valence-corrected chi connectivity index (χ4v) is 1.95. The van der Waals surface area contributed by atoms with Crippen LogP contribution in [0.1, 0.15) is 26.7 Å². The average Bonchev–Trinajstić information content (AvgIpc) is 2.28. The van der Waals surface area contributed by atoms with Crippen LogP contribution >= 0.6 is 15.9 Å². The van der Waals surface area contributed by atoms with Crippen LogP contribution in [0.4, 0.5) is 11.6 Å². The summed E-state index contributed by atoms with van der Waals surface area (Å²) in [6.45, 7) is 4.24. The zero-order valence-electron chi connectivity index (χ0n) is 10.00. The van der Waals surface area contributed by atoms with E-state index in [1.807, 2.05) is 6.92 Å².